The summed E-state index contributed by atoms with van der Waals surface area (Å²) >= 11 is 0. The molecule has 0 amide bonds. The minimum atomic E-state index is 0.786. The first-order valence-corrected chi connectivity index (χ1v) is 4.08. The number of hydrogen-bond acceptors (Lipinski definition) is 0. The van der Waals surface area contributed by atoms with Crippen LogP contribution in [0.1, 0.15) is 19.8 Å². The molecule has 1 unspecified atom stereocenters. The lowest BCUT2D eigenvalue weighted by molar-refractivity contribution is 0.632. The molecule has 1 aliphatic carbocycles. The molecular formula is C11H15. The number of hydrogen-bond donors (Lipinski definition) is 0. The standard InChI is InChI=1S/C11H15/c1-4-6-11-8-9(3)7-10(11)5-2/h4-6,9H,1-2,7-8H2,3H3/b11-6-. The summed E-state index contributed by atoms with van der Waals surface area (Å²) in [5.41, 5.74) is 1.42. The monoisotopic (exact) mass is 147 g/mol. The molecule has 1 radical (unpaired) electrons. The van der Waals surface area contributed by atoms with Crippen molar-refractivity contribution in [2.24, 2.45) is 5.92 Å². The van der Waals surface area contributed by atoms with E-state index in [0.29, 0.717) is 0 Å². The topological polar surface area (TPSA) is 0 Å². The van der Waals surface area contributed by atoms with E-state index < -0.39 is 0 Å². The van der Waals surface area contributed by atoms with Crippen LogP contribution in [0.2, 0.25) is 0 Å². The molecule has 0 heterocycles. The molecule has 0 aromatic rings. The van der Waals surface area contributed by atoms with Gasteiger partial charge in [0.25, 0.3) is 0 Å². The number of rotatable bonds is 2. The second-order valence-electron chi connectivity index (χ2n) is 3.17. The van der Waals surface area contributed by atoms with Gasteiger partial charge in [-0.15, -0.1) is 6.58 Å². The van der Waals surface area contributed by atoms with Gasteiger partial charge in [-0.1, -0.05) is 37.3 Å². The summed E-state index contributed by atoms with van der Waals surface area (Å²) < 4.78 is 0. The Morgan fingerprint density at radius 3 is 2.64 bits per heavy atom. The highest BCUT2D eigenvalue weighted by molar-refractivity contribution is 5.38. The van der Waals surface area contributed by atoms with Gasteiger partial charge >= 0.3 is 0 Å². The van der Waals surface area contributed by atoms with Crippen molar-refractivity contribution in [1.29, 1.82) is 0 Å². The molecule has 1 rings (SSSR count). The normalized spacial score (nSPS) is 29.2. The molecule has 0 saturated heterocycles. The first-order valence-electron chi connectivity index (χ1n) is 4.08. The fourth-order valence-electron chi connectivity index (χ4n) is 1.62. The van der Waals surface area contributed by atoms with Crippen molar-refractivity contribution >= 4 is 0 Å². The van der Waals surface area contributed by atoms with Crippen LogP contribution in [-0.2, 0) is 0 Å². The summed E-state index contributed by atoms with van der Waals surface area (Å²) in [6, 6.07) is 0. The van der Waals surface area contributed by atoms with Gasteiger partial charge in [-0.05, 0) is 18.8 Å². The van der Waals surface area contributed by atoms with E-state index in [4.69, 9.17) is 0 Å². The Kier molecular flexibility index (Phi) is 2.70. The number of allylic oxidation sites excluding steroid dienone is 4. The molecule has 0 nitrogen and oxygen atoms in total. The van der Waals surface area contributed by atoms with E-state index in [-0.39, 0.29) is 0 Å². The van der Waals surface area contributed by atoms with Crippen LogP contribution < -0.4 is 0 Å². The average molecular weight is 147 g/mol. The zero-order valence-electron chi connectivity index (χ0n) is 7.14. The van der Waals surface area contributed by atoms with E-state index in [9.17, 15) is 0 Å². The third kappa shape index (κ3) is 1.83. The minimum absolute atomic E-state index is 0.786. The van der Waals surface area contributed by atoms with Crippen molar-refractivity contribution in [2.45, 2.75) is 19.8 Å². The lowest BCUT2D eigenvalue weighted by atomic mass is 10.0. The molecule has 0 heteroatoms. The fraction of sp³-hybridized carbons (Fsp3) is 0.364. The van der Waals surface area contributed by atoms with Crippen LogP contribution in [0.4, 0.5) is 0 Å². The van der Waals surface area contributed by atoms with Crippen molar-refractivity contribution < 1.29 is 0 Å². The Labute approximate surface area is 69.3 Å². The first kappa shape index (κ1) is 8.32. The van der Waals surface area contributed by atoms with Crippen molar-refractivity contribution in [1.82, 2.24) is 0 Å². The van der Waals surface area contributed by atoms with E-state index >= 15 is 0 Å². The maximum absolute atomic E-state index is 3.80. The lowest BCUT2D eigenvalue weighted by Gasteiger charge is -2.01. The second-order valence-corrected chi connectivity index (χ2v) is 3.17. The Morgan fingerprint density at radius 1 is 1.36 bits per heavy atom. The van der Waals surface area contributed by atoms with Crippen LogP contribution in [0, 0.1) is 11.8 Å². The molecule has 1 fully saturated rings. The van der Waals surface area contributed by atoms with Crippen molar-refractivity contribution in [3.63, 3.8) is 0 Å². The van der Waals surface area contributed by atoms with Gasteiger partial charge in [0.1, 0.15) is 0 Å². The highest BCUT2D eigenvalue weighted by Crippen LogP contribution is 2.37. The van der Waals surface area contributed by atoms with Gasteiger partial charge in [0.15, 0.2) is 0 Å². The zero-order valence-corrected chi connectivity index (χ0v) is 7.14. The second kappa shape index (κ2) is 3.56. The molecule has 59 valence electrons. The van der Waals surface area contributed by atoms with E-state index in [1.54, 1.807) is 0 Å². The molecule has 0 N–H and O–H groups in total. The maximum Gasteiger partial charge on any atom is 0.0222 e. The van der Waals surface area contributed by atoms with Crippen LogP contribution >= 0.6 is 0 Å². The van der Waals surface area contributed by atoms with Gasteiger partial charge in [-0.3, -0.25) is 0 Å². The maximum atomic E-state index is 3.80. The molecule has 1 aliphatic rings. The Morgan fingerprint density at radius 2 is 2.09 bits per heavy atom. The van der Waals surface area contributed by atoms with E-state index in [1.807, 2.05) is 12.2 Å². The highest BCUT2D eigenvalue weighted by Gasteiger charge is 2.23. The Hall–Kier alpha value is -0.780. The summed E-state index contributed by atoms with van der Waals surface area (Å²) in [6.07, 6.45) is 8.30. The molecule has 11 heavy (non-hydrogen) atoms. The van der Waals surface area contributed by atoms with Crippen molar-refractivity contribution in [3.8, 4) is 0 Å². The van der Waals surface area contributed by atoms with Crippen LogP contribution in [0.25, 0.3) is 0 Å². The largest absolute Gasteiger partial charge is 0.102 e. The summed E-state index contributed by atoms with van der Waals surface area (Å²) in [5, 5.41) is 0. The quantitative estimate of drug-likeness (QED) is 0.562. The average Bonchev–Trinajstić information content (AvgIpc) is 2.32. The third-order valence-corrected chi connectivity index (χ3v) is 2.11. The summed E-state index contributed by atoms with van der Waals surface area (Å²) in [5.74, 6) is 2.19. The predicted octanol–water partition coefficient (Wildman–Crippen LogP) is 3.29. The molecule has 0 aromatic heterocycles. The van der Waals surface area contributed by atoms with Gasteiger partial charge in [-0.25, -0.2) is 0 Å². The van der Waals surface area contributed by atoms with E-state index in [1.165, 1.54) is 24.3 Å². The van der Waals surface area contributed by atoms with E-state index in [2.05, 4.69) is 26.2 Å². The van der Waals surface area contributed by atoms with Gasteiger partial charge in [0, 0.05) is 5.92 Å². The van der Waals surface area contributed by atoms with E-state index in [0.717, 1.165) is 5.92 Å². The summed E-state index contributed by atoms with van der Waals surface area (Å²) in [7, 11) is 0. The molecule has 1 saturated carbocycles. The smallest absolute Gasteiger partial charge is 0.0222 e. The predicted molar refractivity (Wildman–Crippen MR) is 50.1 cm³/mol. The zero-order chi connectivity index (χ0) is 8.27. The van der Waals surface area contributed by atoms with Crippen LogP contribution in [-0.4, -0.2) is 0 Å². The Balaban J connectivity index is 2.71. The first-order chi connectivity index (χ1) is 5.27. The van der Waals surface area contributed by atoms with Crippen LogP contribution in [0.3, 0.4) is 0 Å². The van der Waals surface area contributed by atoms with Crippen molar-refractivity contribution in [2.75, 3.05) is 0 Å². The van der Waals surface area contributed by atoms with Gasteiger partial charge in [0.05, 0.1) is 0 Å². The highest BCUT2D eigenvalue weighted by atomic mass is 14.3. The summed E-state index contributed by atoms with van der Waals surface area (Å²) in [6.45, 7) is 9.76. The minimum Gasteiger partial charge on any atom is -0.102 e. The fourth-order valence-corrected chi connectivity index (χ4v) is 1.62. The lowest BCUT2D eigenvalue weighted by Crippen LogP contribution is -1.86. The SMILES string of the molecule is C=C/C=C1/CC(C)C[C]1C=C. The molecule has 0 bridgehead atoms. The van der Waals surface area contributed by atoms with Crippen LogP contribution in [0.15, 0.2) is 37.0 Å². The summed E-state index contributed by atoms with van der Waals surface area (Å²) in [4.78, 5) is 0. The Bertz CT molecular complexity index is 186. The van der Waals surface area contributed by atoms with Gasteiger partial charge in [-0.2, -0.15) is 0 Å². The van der Waals surface area contributed by atoms with Gasteiger partial charge < -0.3 is 0 Å². The van der Waals surface area contributed by atoms with Crippen molar-refractivity contribution in [3.05, 3.63) is 42.9 Å². The molecule has 0 spiro atoms. The molecule has 1 atom stereocenters. The molecule has 0 aliphatic heterocycles. The molecular weight excluding hydrogens is 132 g/mol. The van der Waals surface area contributed by atoms with Crippen LogP contribution in [0.5, 0.6) is 0 Å². The molecule has 0 aromatic carbocycles. The third-order valence-electron chi connectivity index (χ3n) is 2.11. The van der Waals surface area contributed by atoms with Gasteiger partial charge in [0.2, 0.25) is 0 Å².